The molecule has 0 fully saturated rings. The van der Waals surface area contributed by atoms with E-state index in [9.17, 15) is 10.1 Å². The lowest BCUT2D eigenvalue weighted by Crippen LogP contribution is -2.28. The van der Waals surface area contributed by atoms with Crippen LogP contribution in [-0.2, 0) is 12.3 Å². The molecule has 2 rings (SSSR count). The number of hydrogen-bond acceptors (Lipinski definition) is 6. The molecule has 0 aliphatic rings. The fourth-order valence-corrected chi connectivity index (χ4v) is 3.22. The van der Waals surface area contributed by atoms with Gasteiger partial charge in [-0.1, -0.05) is 59.8 Å². The molecule has 1 aromatic carbocycles. The first-order chi connectivity index (χ1) is 12.5. The second-order valence-corrected chi connectivity index (χ2v) is 7.11. The second kappa shape index (κ2) is 10.8. The molecule has 138 valence electrons. The molecule has 2 aromatic rings. The fourth-order valence-electron chi connectivity index (χ4n) is 2.23. The van der Waals surface area contributed by atoms with Crippen LogP contribution in [-0.4, -0.2) is 34.9 Å². The first kappa shape index (κ1) is 20.2. The van der Waals surface area contributed by atoms with Gasteiger partial charge < -0.3 is 10.2 Å². The third-order valence-corrected chi connectivity index (χ3v) is 4.76. The minimum absolute atomic E-state index is 0.427. The van der Waals surface area contributed by atoms with E-state index in [0.717, 1.165) is 30.4 Å². The number of rotatable bonds is 10. The van der Waals surface area contributed by atoms with Gasteiger partial charge in [-0.3, -0.25) is 10.1 Å². The Hall–Kier alpha value is -2.09. The topological polar surface area (TPSA) is 71.3 Å². The number of hydrogen-bond donors (Lipinski definition) is 1. The molecule has 0 unspecified atom stereocenters. The normalized spacial score (nSPS) is 11.6. The van der Waals surface area contributed by atoms with Crippen LogP contribution in [0.3, 0.4) is 0 Å². The molecule has 0 atom stereocenters. The zero-order valence-electron chi connectivity index (χ0n) is 14.5. The van der Waals surface area contributed by atoms with Crippen molar-refractivity contribution in [3.05, 3.63) is 86.3 Å². The van der Waals surface area contributed by atoms with Crippen LogP contribution < -0.4 is 5.32 Å². The van der Waals surface area contributed by atoms with Crippen molar-refractivity contribution in [2.45, 2.75) is 12.3 Å². The molecule has 0 amide bonds. The molecule has 0 spiro atoms. The Balaban J connectivity index is 1.79. The quantitative estimate of drug-likeness (QED) is 0.377. The summed E-state index contributed by atoms with van der Waals surface area (Å²) in [5.41, 5.74) is 2.19. The molecule has 0 saturated carbocycles. The predicted octanol–water partition coefficient (Wildman–Crippen LogP) is 3.77. The number of pyridine rings is 1. The summed E-state index contributed by atoms with van der Waals surface area (Å²) in [6, 6.07) is 13.6. The molecule has 1 heterocycles. The highest BCUT2D eigenvalue weighted by molar-refractivity contribution is 8.02. The van der Waals surface area contributed by atoms with Gasteiger partial charge >= 0.3 is 0 Å². The lowest BCUT2D eigenvalue weighted by molar-refractivity contribution is -0.403. The van der Waals surface area contributed by atoms with Crippen molar-refractivity contribution in [3.63, 3.8) is 0 Å². The van der Waals surface area contributed by atoms with E-state index in [1.54, 1.807) is 12.3 Å². The number of thioether (sulfide) groups is 1. The maximum atomic E-state index is 10.8. The van der Waals surface area contributed by atoms with Gasteiger partial charge in [0.05, 0.1) is 4.92 Å². The molecule has 1 N–H and O–H groups in total. The minimum atomic E-state index is -0.427. The van der Waals surface area contributed by atoms with E-state index < -0.39 is 4.92 Å². The van der Waals surface area contributed by atoms with Gasteiger partial charge in [-0.05, 0) is 24.2 Å². The number of nitrogens with one attached hydrogen (secondary N) is 1. The molecule has 0 saturated heterocycles. The van der Waals surface area contributed by atoms with Gasteiger partial charge in [0.1, 0.15) is 10.2 Å². The second-order valence-electron chi connectivity index (χ2n) is 5.71. The van der Waals surface area contributed by atoms with E-state index in [2.05, 4.69) is 15.2 Å². The van der Waals surface area contributed by atoms with Gasteiger partial charge in [0, 0.05) is 31.6 Å². The zero-order chi connectivity index (χ0) is 18.8. The highest BCUT2D eigenvalue weighted by Crippen LogP contribution is 2.19. The number of aromatic nitrogens is 1. The van der Waals surface area contributed by atoms with E-state index in [1.165, 1.54) is 11.8 Å². The Bertz CT molecular complexity index is 726. The third-order valence-electron chi connectivity index (χ3n) is 3.49. The van der Waals surface area contributed by atoms with Gasteiger partial charge in [-0.2, -0.15) is 0 Å². The van der Waals surface area contributed by atoms with Crippen LogP contribution in [0.15, 0.2) is 59.9 Å². The Morgan fingerprint density at radius 3 is 2.73 bits per heavy atom. The lowest BCUT2D eigenvalue weighted by atomic mass is 10.2. The van der Waals surface area contributed by atoms with Crippen molar-refractivity contribution in [2.75, 3.05) is 20.1 Å². The number of nitro groups is 1. The van der Waals surface area contributed by atoms with Crippen LogP contribution in [0, 0.1) is 10.1 Å². The fraction of sp³-hybridized carbons (Fsp3) is 0.278. The van der Waals surface area contributed by atoms with Crippen LogP contribution in [0.5, 0.6) is 0 Å². The Morgan fingerprint density at radius 1 is 1.31 bits per heavy atom. The molecule has 0 aliphatic carbocycles. The highest BCUT2D eigenvalue weighted by atomic mass is 35.5. The number of likely N-dealkylation sites (N-methyl/N-ethyl adjacent to an activating group) is 1. The lowest BCUT2D eigenvalue weighted by Gasteiger charge is -2.17. The van der Waals surface area contributed by atoms with Gasteiger partial charge in [-0.25, -0.2) is 4.98 Å². The maximum Gasteiger partial charge on any atom is 0.263 e. The van der Waals surface area contributed by atoms with Crippen LogP contribution in [0.4, 0.5) is 0 Å². The van der Waals surface area contributed by atoms with Gasteiger partial charge in [0.15, 0.2) is 0 Å². The average molecular weight is 393 g/mol. The summed E-state index contributed by atoms with van der Waals surface area (Å²) < 4.78 is 0. The number of halogens is 1. The summed E-state index contributed by atoms with van der Waals surface area (Å²) in [7, 11) is 1.99. The predicted molar refractivity (Wildman–Crippen MR) is 106 cm³/mol. The molecule has 26 heavy (non-hydrogen) atoms. The van der Waals surface area contributed by atoms with Gasteiger partial charge in [0.2, 0.25) is 0 Å². The Kier molecular flexibility index (Phi) is 8.40. The van der Waals surface area contributed by atoms with Crippen molar-refractivity contribution in [1.82, 2.24) is 15.2 Å². The van der Waals surface area contributed by atoms with E-state index in [0.29, 0.717) is 22.5 Å². The van der Waals surface area contributed by atoms with Crippen LogP contribution in [0.1, 0.15) is 11.1 Å². The molecule has 1 aromatic heterocycles. The van der Waals surface area contributed by atoms with Crippen LogP contribution >= 0.6 is 23.4 Å². The van der Waals surface area contributed by atoms with Crippen molar-refractivity contribution in [2.24, 2.45) is 0 Å². The number of benzene rings is 1. The monoisotopic (exact) mass is 392 g/mol. The summed E-state index contributed by atoms with van der Waals surface area (Å²) in [5, 5.41) is 15.0. The maximum absolute atomic E-state index is 10.8. The Morgan fingerprint density at radius 2 is 2.08 bits per heavy atom. The standard InChI is InChI=1S/C18H21ClN4O2S/c1-22(12-16-7-8-17(19)21-11-16)10-9-20-18(13-23(24)25)26-14-15-5-3-2-4-6-15/h2-8,11,13,20H,9-10,12,14H2,1H3. The van der Waals surface area contributed by atoms with Crippen molar-refractivity contribution in [1.29, 1.82) is 0 Å². The van der Waals surface area contributed by atoms with Crippen LogP contribution in [0.25, 0.3) is 0 Å². The first-order valence-electron chi connectivity index (χ1n) is 8.08. The van der Waals surface area contributed by atoms with Gasteiger partial charge in [0.25, 0.3) is 6.20 Å². The molecule has 6 nitrogen and oxygen atoms in total. The molecular formula is C18H21ClN4O2S. The van der Waals surface area contributed by atoms with Crippen molar-refractivity contribution < 1.29 is 4.92 Å². The summed E-state index contributed by atoms with van der Waals surface area (Å²) in [6.45, 7) is 2.08. The molecule has 8 heteroatoms. The summed E-state index contributed by atoms with van der Waals surface area (Å²) in [6.07, 6.45) is 2.77. The molecule has 0 bridgehead atoms. The number of nitrogens with zero attached hydrogens (tertiary/aromatic N) is 3. The van der Waals surface area contributed by atoms with Crippen molar-refractivity contribution in [3.8, 4) is 0 Å². The van der Waals surface area contributed by atoms with Crippen molar-refractivity contribution >= 4 is 23.4 Å². The minimum Gasteiger partial charge on any atom is -0.374 e. The SMILES string of the molecule is CN(CCNC(=C[N+](=O)[O-])SCc1ccccc1)Cc1ccc(Cl)nc1. The summed E-state index contributed by atoms with van der Waals surface area (Å²) >= 11 is 7.21. The molecule has 0 aliphatic heterocycles. The largest absolute Gasteiger partial charge is 0.374 e. The summed E-state index contributed by atoms with van der Waals surface area (Å²) in [4.78, 5) is 16.6. The van der Waals surface area contributed by atoms with E-state index in [4.69, 9.17) is 11.6 Å². The first-order valence-corrected chi connectivity index (χ1v) is 9.44. The van der Waals surface area contributed by atoms with E-state index in [-0.39, 0.29) is 0 Å². The van der Waals surface area contributed by atoms with Gasteiger partial charge in [-0.15, -0.1) is 0 Å². The molecule has 0 radical (unpaired) electrons. The third kappa shape index (κ3) is 7.86. The Labute approximate surface area is 162 Å². The summed E-state index contributed by atoms with van der Waals surface area (Å²) in [5.74, 6) is 0.680. The zero-order valence-corrected chi connectivity index (χ0v) is 16.0. The molecular weight excluding hydrogens is 372 g/mol. The van der Waals surface area contributed by atoms with Crippen LogP contribution in [0.2, 0.25) is 5.15 Å². The highest BCUT2D eigenvalue weighted by Gasteiger charge is 2.06. The van der Waals surface area contributed by atoms with E-state index >= 15 is 0 Å². The smallest absolute Gasteiger partial charge is 0.263 e. The average Bonchev–Trinajstić information content (AvgIpc) is 2.62. The van der Waals surface area contributed by atoms with E-state index in [1.807, 2.05) is 43.4 Å².